The SMILES string of the molecule is Cc1ccc(CNC(=O)c2cnc(N)c(C=N)c2)cc1. The van der Waals surface area contributed by atoms with Crippen molar-refractivity contribution in [2.45, 2.75) is 13.5 Å². The lowest BCUT2D eigenvalue weighted by atomic mass is 10.1. The molecule has 0 bridgehead atoms. The molecule has 0 saturated heterocycles. The number of anilines is 1. The second-order valence-electron chi connectivity index (χ2n) is 4.51. The first-order valence-electron chi connectivity index (χ1n) is 6.20. The van der Waals surface area contributed by atoms with E-state index in [4.69, 9.17) is 11.1 Å². The number of aryl methyl sites for hydroxylation is 1. The van der Waals surface area contributed by atoms with Crippen LogP contribution in [0.1, 0.15) is 27.0 Å². The van der Waals surface area contributed by atoms with Crippen molar-refractivity contribution in [3.05, 3.63) is 58.8 Å². The van der Waals surface area contributed by atoms with Crippen LogP contribution < -0.4 is 11.1 Å². The molecule has 1 aromatic heterocycles. The molecule has 2 aromatic rings. The molecule has 0 atom stereocenters. The van der Waals surface area contributed by atoms with Gasteiger partial charge in [-0.15, -0.1) is 0 Å². The molecule has 0 saturated carbocycles. The highest BCUT2D eigenvalue weighted by molar-refractivity contribution is 5.96. The molecule has 1 amide bonds. The first kappa shape index (κ1) is 13.7. The molecule has 0 fully saturated rings. The van der Waals surface area contributed by atoms with E-state index in [1.54, 1.807) is 6.07 Å². The lowest BCUT2D eigenvalue weighted by Crippen LogP contribution is -2.23. The molecule has 0 aliphatic heterocycles. The Kier molecular flexibility index (Phi) is 4.10. The maximum Gasteiger partial charge on any atom is 0.253 e. The Morgan fingerprint density at radius 1 is 1.40 bits per heavy atom. The standard InChI is InChI=1S/C15H16N4O/c1-10-2-4-11(5-3-10)8-19-15(20)13-6-12(7-16)14(17)18-9-13/h2-7,9,16H,8H2,1H3,(H2,17,18)(H,19,20). The first-order valence-corrected chi connectivity index (χ1v) is 6.20. The van der Waals surface area contributed by atoms with Gasteiger partial charge in [-0.05, 0) is 18.6 Å². The summed E-state index contributed by atoms with van der Waals surface area (Å²) in [6, 6.07) is 9.50. The number of carbonyl (C=O) groups is 1. The molecule has 0 spiro atoms. The summed E-state index contributed by atoms with van der Waals surface area (Å²) >= 11 is 0. The number of benzene rings is 1. The summed E-state index contributed by atoms with van der Waals surface area (Å²) in [7, 11) is 0. The Morgan fingerprint density at radius 2 is 2.10 bits per heavy atom. The number of nitrogens with two attached hydrogens (primary N) is 1. The zero-order valence-corrected chi connectivity index (χ0v) is 11.2. The lowest BCUT2D eigenvalue weighted by molar-refractivity contribution is 0.0950. The lowest BCUT2D eigenvalue weighted by Gasteiger charge is -2.07. The largest absolute Gasteiger partial charge is 0.383 e. The summed E-state index contributed by atoms with van der Waals surface area (Å²) in [5.41, 5.74) is 8.62. The Balaban J connectivity index is 2.05. The number of pyridine rings is 1. The van der Waals surface area contributed by atoms with Crippen LogP contribution >= 0.6 is 0 Å². The molecule has 5 nitrogen and oxygen atoms in total. The predicted molar refractivity (Wildman–Crippen MR) is 78.9 cm³/mol. The predicted octanol–water partition coefficient (Wildman–Crippen LogP) is 1.90. The minimum Gasteiger partial charge on any atom is -0.383 e. The van der Waals surface area contributed by atoms with Crippen molar-refractivity contribution in [1.29, 1.82) is 5.41 Å². The van der Waals surface area contributed by atoms with E-state index in [-0.39, 0.29) is 11.7 Å². The molecule has 20 heavy (non-hydrogen) atoms. The van der Waals surface area contributed by atoms with Gasteiger partial charge in [0.1, 0.15) is 5.82 Å². The molecule has 0 aliphatic carbocycles. The van der Waals surface area contributed by atoms with Crippen LogP contribution in [0.5, 0.6) is 0 Å². The Hall–Kier alpha value is -2.69. The first-order chi connectivity index (χ1) is 9.60. The van der Waals surface area contributed by atoms with E-state index in [9.17, 15) is 4.79 Å². The molecule has 4 N–H and O–H groups in total. The second-order valence-corrected chi connectivity index (χ2v) is 4.51. The van der Waals surface area contributed by atoms with Gasteiger partial charge in [0.2, 0.25) is 0 Å². The Bertz CT molecular complexity index is 635. The number of nitrogens with one attached hydrogen (secondary N) is 2. The second kappa shape index (κ2) is 5.97. The van der Waals surface area contributed by atoms with Gasteiger partial charge in [0.15, 0.2) is 0 Å². The number of hydrogen-bond donors (Lipinski definition) is 3. The highest BCUT2D eigenvalue weighted by Gasteiger charge is 2.08. The number of rotatable bonds is 4. The van der Waals surface area contributed by atoms with Gasteiger partial charge in [-0.1, -0.05) is 29.8 Å². The van der Waals surface area contributed by atoms with E-state index in [0.717, 1.165) is 11.8 Å². The third-order valence-corrected chi connectivity index (χ3v) is 2.94. The van der Waals surface area contributed by atoms with Gasteiger partial charge in [-0.25, -0.2) is 4.98 Å². The summed E-state index contributed by atoms with van der Waals surface area (Å²) in [6.45, 7) is 2.46. The van der Waals surface area contributed by atoms with E-state index in [0.29, 0.717) is 17.7 Å². The average molecular weight is 268 g/mol. The van der Waals surface area contributed by atoms with Crippen LogP contribution in [0, 0.1) is 12.3 Å². The number of hydrogen-bond acceptors (Lipinski definition) is 4. The summed E-state index contributed by atoms with van der Waals surface area (Å²) in [5.74, 6) is 0.0104. The van der Waals surface area contributed by atoms with Crippen molar-refractivity contribution in [2.24, 2.45) is 0 Å². The van der Waals surface area contributed by atoms with Crippen LogP contribution in [0.15, 0.2) is 36.5 Å². The Morgan fingerprint density at radius 3 is 2.75 bits per heavy atom. The van der Waals surface area contributed by atoms with E-state index < -0.39 is 0 Å². The fourth-order valence-corrected chi connectivity index (χ4v) is 1.72. The van der Waals surface area contributed by atoms with E-state index in [1.165, 1.54) is 11.8 Å². The highest BCUT2D eigenvalue weighted by atomic mass is 16.1. The summed E-state index contributed by atoms with van der Waals surface area (Å²) in [6.07, 6.45) is 2.49. The van der Waals surface area contributed by atoms with Crippen molar-refractivity contribution < 1.29 is 4.79 Å². The van der Waals surface area contributed by atoms with Crippen molar-refractivity contribution in [3.63, 3.8) is 0 Å². The van der Waals surface area contributed by atoms with Gasteiger partial charge in [0.25, 0.3) is 5.91 Å². The quantitative estimate of drug-likeness (QED) is 0.739. The van der Waals surface area contributed by atoms with Crippen LogP contribution in [0.25, 0.3) is 0 Å². The highest BCUT2D eigenvalue weighted by Crippen LogP contribution is 2.09. The van der Waals surface area contributed by atoms with Gasteiger partial charge in [0, 0.05) is 24.5 Å². The van der Waals surface area contributed by atoms with E-state index in [2.05, 4.69) is 10.3 Å². The smallest absolute Gasteiger partial charge is 0.253 e. The third-order valence-electron chi connectivity index (χ3n) is 2.94. The van der Waals surface area contributed by atoms with Crippen molar-refractivity contribution >= 4 is 17.9 Å². The van der Waals surface area contributed by atoms with Crippen LogP contribution in [0.2, 0.25) is 0 Å². The number of nitrogens with zero attached hydrogens (tertiary/aromatic N) is 1. The van der Waals surface area contributed by atoms with Crippen LogP contribution in [-0.2, 0) is 6.54 Å². The molecule has 5 heteroatoms. The summed E-state index contributed by atoms with van der Waals surface area (Å²) in [5, 5.41) is 10.0. The van der Waals surface area contributed by atoms with Gasteiger partial charge < -0.3 is 16.5 Å². The minimum atomic E-state index is -0.235. The normalized spacial score (nSPS) is 10.1. The van der Waals surface area contributed by atoms with Gasteiger partial charge in [-0.2, -0.15) is 0 Å². The van der Waals surface area contributed by atoms with Crippen molar-refractivity contribution in [3.8, 4) is 0 Å². The maximum absolute atomic E-state index is 12.0. The minimum absolute atomic E-state index is 0.235. The molecular formula is C15H16N4O. The maximum atomic E-state index is 12.0. The van der Waals surface area contributed by atoms with Crippen LogP contribution in [0.3, 0.4) is 0 Å². The summed E-state index contributed by atoms with van der Waals surface area (Å²) < 4.78 is 0. The monoisotopic (exact) mass is 268 g/mol. The molecule has 2 rings (SSSR count). The van der Waals surface area contributed by atoms with Gasteiger partial charge >= 0.3 is 0 Å². The third kappa shape index (κ3) is 3.20. The molecular weight excluding hydrogens is 252 g/mol. The molecule has 1 aromatic carbocycles. The average Bonchev–Trinajstić information content (AvgIpc) is 2.47. The molecule has 1 heterocycles. The Labute approximate surface area is 117 Å². The fraction of sp³-hybridized carbons (Fsp3) is 0.133. The molecule has 102 valence electrons. The van der Waals surface area contributed by atoms with Gasteiger partial charge in [-0.3, -0.25) is 4.79 Å². The van der Waals surface area contributed by atoms with E-state index in [1.807, 2.05) is 31.2 Å². The number of carbonyl (C=O) groups excluding carboxylic acids is 1. The number of aromatic nitrogens is 1. The van der Waals surface area contributed by atoms with E-state index >= 15 is 0 Å². The molecule has 0 unspecified atom stereocenters. The van der Waals surface area contributed by atoms with Crippen molar-refractivity contribution in [2.75, 3.05) is 5.73 Å². The van der Waals surface area contributed by atoms with Crippen molar-refractivity contribution in [1.82, 2.24) is 10.3 Å². The number of nitrogen functional groups attached to an aromatic ring is 1. The van der Waals surface area contributed by atoms with Crippen LogP contribution in [0.4, 0.5) is 5.82 Å². The molecule has 0 aliphatic rings. The molecule has 0 radical (unpaired) electrons. The topological polar surface area (TPSA) is 91.9 Å². The zero-order valence-electron chi connectivity index (χ0n) is 11.2. The fourth-order valence-electron chi connectivity index (χ4n) is 1.72. The number of amides is 1. The van der Waals surface area contributed by atoms with Crippen LogP contribution in [-0.4, -0.2) is 17.1 Å². The summed E-state index contributed by atoms with van der Waals surface area (Å²) in [4.78, 5) is 15.9. The van der Waals surface area contributed by atoms with Gasteiger partial charge in [0.05, 0.1) is 5.56 Å². The zero-order chi connectivity index (χ0) is 14.5.